The predicted octanol–water partition coefficient (Wildman–Crippen LogP) is 3.23. The molecule has 0 spiro atoms. The molecule has 4 nitrogen and oxygen atoms in total. The number of anilines is 1. The molecule has 1 heterocycles. The van der Waals surface area contributed by atoms with E-state index >= 15 is 0 Å². The van der Waals surface area contributed by atoms with E-state index in [0.29, 0.717) is 17.9 Å². The lowest BCUT2D eigenvalue weighted by atomic mass is 9.80. The van der Waals surface area contributed by atoms with Crippen molar-refractivity contribution in [3.63, 3.8) is 0 Å². The molecular formula is C15H26N4. The van der Waals surface area contributed by atoms with Crippen LogP contribution < -0.4 is 5.32 Å². The minimum atomic E-state index is 0.496. The molecule has 2 rings (SSSR count). The van der Waals surface area contributed by atoms with E-state index in [4.69, 9.17) is 0 Å². The minimum Gasteiger partial charge on any atom is -0.350 e. The Morgan fingerprint density at radius 2 is 1.79 bits per heavy atom. The highest BCUT2D eigenvalue weighted by Gasteiger charge is 2.25. The Balaban J connectivity index is 2.06. The summed E-state index contributed by atoms with van der Waals surface area (Å²) in [4.78, 5) is 4.62. The largest absolute Gasteiger partial charge is 0.350 e. The maximum atomic E-state index is 4.62. The SMILES string of the molecule is CCc1nnc(NC2CCC(C)CC2C)nc1CC. The van der Waals surface area contributed by atoms with Crippen LogP contribution in [0.15, 0.2) is 0 Å². The van der Waals surface area contributed by atoms with E-state index in [9.17, 15) is 0 Å². The summed E-state index contributed by atoms with van der Waals surface area (Å²) in [5.74, 6) is 2.24. The molecule has 1 aromatic rings. The maximum absolute atomic E-state index is 4.62. The molecule has 106 valence electrons. The molecule has 0 aliphatic heterocycles. The highest BCUT2D eigenvalue weighted by molar-refractivity contribution is 5.27. The average molecular weight is 262 g/mol. The van der Waals surface area contributed by atoms with Gasteiger partial charge in [-0.2, -0.15) is 5.10 Å². The Morgan fingerprint density at radius 1 is 1.05 bits per heavy atom. The van der Waals surface area contributed by atoms with Crippen LogP contribution in [0.3, 0.4) is 0 Å². The second kappa shape index (κ2) is 6.31. The average Bonchev–Trinajstić information content (AvgIpc) is 2.41. The van der Waals surface area contributed by atoms with Gasteiger partial charge in [0.15, 0.2) is 0 Å². The summed E-state index contributed by atoms with van der Waals surface area (Å²) in [5, 5.41) is 12.0. The van der Waals surface area contributed by atoms with Crippen LogP contribution in [0.1, 0.15) is 58.3 Å². The number of aromatic nitrogens is 3. The topological polar surface area (TPSA) is 50.7 Å². The van der Waals surface area contributed by atoms with Crippen LogP contribution in [0.2, 0.25) is 0 Å². The lowest BCUT2D eigenvalue weighted by molar-refractivity contribution is 0.275. The number of aryl methyl sites for hydroxylation is 2. The van der Waals surface area contributed by atoms with Crippen LogP contribution >= 0.6 is 0 Å². The molecule has 19 heavy (non-hydrogen) atoms. The summed E-state index contributed by atoms with van der Waals surface area (Å²) in [5.41, 5.74) is 2.11. The molecule has 0 saturated heterocycles. The summed E-state index contributed by atoms with van der Waals surface area (Å²) in [6, 6.07) is 0.496. The van der Waals surface area contributed by atoms with Gasteiger partial charge in [-0.1, -0.05) is 27.7 Å². The van der Waals surface area contributed by atoms with Gasteiger partial charge < -0.3 is 5.32 Å². The molecule has 3 atom stereocenters. The Bertz CT molecular complexity index is 419. The lowest BCUT2D eigenvalue weighted by Gasteiger charge is -2.33. The van der Waals surface area contributed by atoms with E-state index in [2.05, 4.69) is 48.2 Å². The zero-order chi connectivity index (χ0) is 13.8. The first-order valence-electron chi connectivity index (χ1n) is 7.63. The van der Waals surface area contributed by atoms with E-state index in [1.54, 1.807) is 0 Å². The van der Waals surface area contributed by atoms with Gasteiger partial charge in [0.1, 0.15) is 0 Å². The van der Waals surface area contributed by atoms with Gasteiger partial charge in [-0.05, 0) is 43.9 Å². The van der Waals surface area contributed by atoms with Gasteiger partial charge in [-0.15, -0.1) is 5.10 Å². The molecule has 0 bridgehead atoms. The third kappa shape index (κ3) is 3.43. The first-order valence-corrected chi connectivity index (χ1v) is 7.63. The van der Waals surface area contributed by atoms with E-state index in [1.807, 2.05) is 0 Å². The smallest absolute Gasteiger partial charge is 0.243 e. The molecule has 4 heteroatoms. The molecule has 1 aliphatic rings. The van der Waals surface area contributed by atoms with Crippen molar-refractivity contribution in [2.45, 2.75) is 65.8 Å². The van der Waals surface area contributed by atoms with Crippen molar-refractivity contribution in [1.82, 2.24) is 15.2 Å². The van der Waals surface area contributed by atoms with Gasteiger partial charge in [0, 0.05) is 6.04 Å². The van der Waals surface area contributed by atoms with Crippen LogP contribution in [-0.2, 0) is 12.8 Å². The number of nitrogens with zero attached hydrogens (tertiary/aromatic N) is 3. The molecule has 1 saturated carbocycles. The summed E-state index contributed by atoms with van der Waals surface area (Å²) in [6.07, 6.45) is 5.62. The first kappa shape index (κ1) is 14.2. The molecule has 1 aliphatic carbocycles. The van der Waals surface area contributed by atoms with Gasteiger partial charge in [-0.25, -0.2) is 4.98 Å². The van der Waals surface area contributed by atoms with Gasteiger partial charge in [-0.3, -0.25) is 0 Å². The van der Waals surface area contributed by atoms with Gasteiger partial charge in [0.25, 0.3) is 0 Å². The minimum absolute atomic E-state index is 0.496. The summed E-state index contributed by atoms with van der Waals surface area (Å²) >= 11 is 0. The molecule has 0 aromatic carbocycles. The molecule has 0 radical (unpaired) electrons. The number of nitrogens with one attached hydrogen (secondary N) is 1. The van der Waals surface area contributed by atoms with E-state index < -0.39 is 0 Å². The van der Waals surface area contributed by atoms with Crippen molar-refractivity contribution in [2.75, 3.05) is 5.32 Å². The van der Waals surface area contributed by atoms with Crippen LogP contribution in [-0.4, -0.2) is 21.2 Å². The van der Waals surface area contributed by atoms with Crippen molar-refractivity contribution in [2.24, 2.45) is 11.8 Å². The molecule has 1 N–H and O–H groups in total. The van der Waals surface area contributed by atoms with Gasteiger partial charge in [0.2, 0.25) is 5.95 Å². The van der Waals surface area contributed by atoms with E-state index in [-0.39, 0.29) is 0 Å². The quantitative estimate of drug-likeness (QED) is 0.905. The summed E-state index contributed by atoms with van der Waals surface area (Å²) in [7, 11) is 0. The Kier molecular flexibility index (Phi) is 4.72. The normalized spacial score (nSPS) is 27.3. The highest BCUT2D eigenvalue weighted by Crippen LogP contribution is 2.30. The molecule has 1 aromatic heterocycles. The Morgan fingerprint density at radius 3 is 2.42 bits per heavy atom. The van der Waals surface area contributed by atoms with E-state index in [1.165, 1.54) is 19.3 Å². The number of hydrogen-bond donors (Lipinski definition) is 1. The summed E-state index contributed by atoms with van der Waals surface area (Å²) in [6.45, 7) is 8.89. The maximum Gasteiger partial charge on any atom is 0.243 e. The van der Waals surface area contributed by atoms with Crippen molar-refractivity contribution in [3.8, 4) is 0 Å². The zero-order valence-electron chi connectivity index (χ0n) is 12.6. The molecule has 0 amide bonds. The second-order valence-electron chi connectivity index (χ2n) is 5.88. The monoisotopic (exact) mass is 262 g/mol. The highest BCUT2D eigenvalue weighted by atomic mass is 15.2. The Hall–Kier alpha value is -1.19. The van der Waals surface area contributed by atoms with Gasteiger partial charge in [0.05, 0.1) is 11.4 Å². The summed E-state index contributed by atoms with van der Waals surface area (Å²) < 4.78 is 0. The van der Waals surface area contributed by atoms with Crippen molar-refractivity contribution in [1.29, 1.82) is 0 Å². The zero-order valence-corrected chi connectivity index (χ0v) is 12.6. The number of rotatable bonds is 4. The predicted molar refractivity (Wildman–Crippen MR) is 78.2 cm³/mol. The van der Waals surface area contributed by atoms with Crippen molar-refractivity contribution in [3.05, 3.63) is 11.4 Å². The molecule has 3 unspecified atom stereocenters. The fourth-order valence-electron chi connectivity index (χ4n) is 3.04. The lowest BCUT2D eigenvalue weighted by Crippen LogP contribution is -2.33. The van der Waals surface area contributed by atoms with Crippen LogP contribution in [0, 0.1) is 11.8 Å². The van der Waals surface area contributed by atoms with Crippen molar-refractivity contribution >= 4 is 5.95 Å². The van der Waals surface area contributed by atoms with Crippen molar-refractivity contribution < 1.29 is 0 Å². The van der Waals surface area contributed by atoms with Crippen LogP contribution in [0.25, 0.3) is 0 Å². The second-order valence-corrected chi connectivity index (χ2v) is 5.88. The fourth-order valence-corrected chi connectivity index (χ4v) is 3.04. The third-order valence-electron chi connectivity index (χ3n) is 4.26. The van der Waals surface area contributed by atoms with Crippen LogP contribution in [0.4, 0.5) is 5.95 Å². The molecule has 1 fully saturated rings. The third-order valence-corrected chi connectivity index (χ3v) is 4.26. The number of hydrogen-bond acceptors (Lipinski definition) is 4. The van der Waals surface area contributed by atoms with Crippen LogP contribution in [0.5, 0.6) is 0 Å². The van der Waals surface area contributed by atoms with Gasteiger partial charge >= 0.3 is 0 Å². The molecular weight excluding hydrogens is 236 g/mol. The fraction of sp³-hybridized carbons (Fsp3) is 0.800. The Labute approximate surface area is 116 Å². The standard InChI is InChI=1S/C15H26N4/c1-5-12-13(6-2)18-19-15(16-12)17-14-8-7-10(3)9-11(14)4/h10-11,14H,5-9H2,1-4H3,(H,16,17,19). The van der Waals surface area contributed by atoms with E-state index in [0.717, 1.165) is 30.1 Å². The first-order chi connectivity index (χ1) is 9.13.